The second-order valence-corrected chi connectivity index (χ2v) is 6.33. The summed E-state index contributed by atoms with van der Waals surface area (Å²) in [6, 6.07) is 0. The van der Waals surface area contributed by atoms with Crippen molar-refractivity contribution >= 4 is 11.8 Å². The Morgan fingerprint density at radius 1 is 1.47 bits per heavy atom. The molecule has 100 valence electrons. The first-order valence-corrected chi connectivity index (χ1v) is 7.91. The highest BCUT2D eigenvalue weighted by atomic mass is 32.2. The maximum Gasteiger partial charge on any atom is 0.0783 e. The highest BCUT2D eigenvalue weighted by Gasteiger charge is 2.39. The fraction of sp³-hybridized carbons (Fsp3) is 1.00. The molecule has 2 saturated heterocycles. The third-order valence-electron chi connectivity index (χ3n) is 3.87. The molecule has 2 fully saturated rings. The molecular weight excluding hydrogens is 234 g/mol. The summed E-state index contributed by atoms with van der Waals surface area (Å²) in [6.45, 7) is 3.88. The lowest BCUT2D eigenvalue weighted by Gasteiger charge is -2.37. The van der Waals surface area contributed by atoms with Gasteiger partial charge in [0, 0.05) is 26.0 Å². The van der Waals surface area contributed by atoms with Crippen LogP contribution in [0.15, 0.2) is 0 Å². The standard InChI is InChI=1S/C13H25NO2S/c1-15-8-6-14-5-2-12-3-7-16-13(10-12)4-9-17-11-13/h12,14H,2-11H2,1H3. The van der Waals surface area contributed by atoms with Gasteiger partial charge in [0.05, 0.1) is 12.2 Å². The predicted molar refractivity (Wildman–Crippen MR) is 72.7 cm³/mol. The average molecular weight is 259 g/mol. The molecule has 0 saturated carbocycles. The van der Waals surface area contributed by atoms with Crippen LogP contribution in [0.25, 0.3) is 0 Å². The van der Waals surface area contributed by atoms with Crippen LogP contribution in [0.4, 0.5) is 0 Å². The summed E-state index contributed by atoms with van der Waals surface area (Å²) in [5.74, 6) is 3.37. The zero-order valence-corrected chi connectivity index (χ0v) is 11.7. The van der Waals surface area contributed by atoms with E-state index in [1.807, 2.05) is 0 Å². The highest BCUT2D eigenvalue weighted by Crippen LogP contribution is 2.41. The van der Waals surface area contributed by atoms with Gasteiger partial charge in [-0.25, -0.2) is 0 Å². The van der Waals surface area contributed by atoms with E-state index in [0.29, 0.717) is 0 Å². The molecule has 0 aromatic heterocycles. The molecule has 2 aliphatic rings. The number of hydrogen-bond acceptors (Lipinski definition) is 4. The molecule has 0 amide bonds. The van der Waals surface area contributed by atoms with Crippen LogP contribution in [0.5, 0.6) is 0 Å². The van der Waals surface area contributed by atoms with Gasteiger partial charge in [-0.2, -0.15) is 11.8 Å². The van der Waals surface area contributed by atoms with Crippen LogP contribution in [0.2, 0.25) is 0 Å². The Labute approximate surface area is 109 Å². The van der Waals surface area contributed by atoms with Gasteiger partial charge in [0.1, 0.15) is 0 Å². The van der Waals surface area contributed by atoms with Crippen LogP contribution >= 0.6 is 11.8 Å². The number of nitrogens with one attached hydrogen (secondary N) is 1. The Kier molecular flexibility index (Phi) is 5.60. The molecule has 0 aromatic rings. The minimum Gasteiger partial charge on any atom is -0.383 e. The van der Waals surface area contributed by atoms with Crippen molar-refractivity contribution in [3.8, 4) is 0 Å². The Balaban J connectivity index is 1.63. The second kappa shape index (κ2) is 6.98. The monoisotopic (exact) mass is 259 g/mol. The van der Waals surface area contributed by atoms with Crippen molar-refractivity contribution in [1.82, 2.24) is 5.32 Å². The molecule has 2 unspecified atom stereocenters. The lowest BCUT2D eigenvalue weighted by atomic mass is 9.83. The van der Waals surface area contributed by atoms with Crippen molar-refractivity contribution in [2.45, 2.75) is 31.3 Å². The molecule has 4 heteroatoms. The highest BCUT2D eigenvalue weighted by molar-refractivity contribution is 7.99. The van der Waals surface area contributed by atoms with Crippen LogP contribution in [-0.4, -0.2) is 50.5 Å². The SMILES string of the molecule is COCCNCCC1CCOC2(CCSC2)C1. The quantitative estimate of drug-likeness (QED) is 0.738. The summed E-state index contributed by atoms with van der Waals surface area (Å²) < 4.78 is 11.1. The lowest BCUT2D eigenvalue weighted by molar-refractivity contribution is -0.0803. The summed E-state index contributed by atoms with van der Waals surface area (Å²) in [6.07, 6.45) is 5.09. The van der Waals surface area contributed by atoms with E-state index in [-0.39, 0.29) is 5.60 Å². The molecule has 0 radical (unpaired) electrons. The smallest absolute Gasteiger partial charge is 0.0783 e. The molecule has 17 heavy (non-hydrogen) atoms. The van der Waals surface area contributed by atoms with Gasteiger partial charge in [-0.1, -0.05) is 0 Å². The first kappa shape index (κ1) is 13.7. The molecule has 0 bridgehead atoms. The summed E-state index contributed by atoms with van der Waals surface area (Å²) in [4.78, 5) is 0. The topological polar surface area (TPSA) is 30.5 Å². The van der Waals surface area contributed by atoms with Gasteiger partial charge in [-0.05, 0) is 43.9 Å². The number of ether oxygens (including phenoxy) is 2. The number of rotatable bonds is 6. The summed E-state index contributed by atoms with van der Waals surface area (Å²) in [5.41, 5.74) is 0.250. The van der Waals surface area contributed by atoms with E-state index in [1.54, 1.807) is 7.11 Å². The molecule has 3 nitrogen and oxygen atoms in total. The van der Waals surface area contributed by atoms with Crippen molar-refractivity contribution in [1.29, 1.82) is 0 Å². The fourth-order valence-electron chi connectivity index (χ4n) is 2.84. The molecule has 2 rings (SSSR count). The van der Waals surface area contributed by atoms with Gasteiger partial charge in [-0.15, -0.1) is 0 Å². The third-order valence-corrected chi connectivity index (χ3v) is 5.10. The van der Waals surface area contributed by atoms with E-state index in [4.69, 9.17) is 9.47 Å². The minimum absolute atomic E-state index is 0.250. The zero-order valence-electron chi connectivity index (χ0n) is 10.9. The van der Waals surface area contributed by atoms with Crippen molar-refractivity contribution in [3.63, 3.8) is 0 Å². The Morgan fingerprint density at radius 3 is 3.18 bits per heavy atom. The minimum atomic E-state index is 0.250. The third kappa shape index (κ3) is 4.12. The number of methoxy groups -OCH3 is 1. The van der Waals surface area contributed by atoms with Gasteiger partial charge in [-0.3, -0.25) is 0 Å². The molecule has 1 spiro atoms. The molecule has 0 aliphatic carbocycles. The van der Waals surface area contributed by atoms with Gasteiger partial charge in [0.25, 0.3) is 0 Å². The van der Waals surface area contributed by atoms with Crippen LogP contribution in [0.3, 0.4) is 0 Å². The van der Waals surface area contributed by atoms with E-state index >= 15 is 0 Å². The van der Waals surface area contributed by atoms with Gasteiger partial charge >= 0.3 is 0 Å². The number of hydrogen-bond donors (Lipinski definition) is 1. The van der Waals surface area contributed by atoms with E-state index in [2.05, 4.69) is 17.1 Å². The summed E-state index contributed by atoms with van der Waals surface area (Å²) in [5, 5.41) is 3.44. The van der Waals surface area contributed by atoms with Gasteiger partial charge in [0.15, 0.2) is 0 Å². The van der Waals surface area contributed by atoms with Crippen LogP contribution < -0.4 is 5.32 Å². The van der Waals surface area contributed by atoms with Crippen molar-refractivity contribution in [3.05, 3.63) is 0 Å². The van der Waals surface area contributed by atoms with Gasteiger partial charge in [0.2, 0.25) is 0 Å². The van der Waals surface area contributed by atoms with E-state index in [0.717, 1.165) is 32.2 Å². The summed E-state index contributed by atoms with van der Waals surface area (Å²) in [7, 11) is 1.75. The lowest BCUT2D eigenvalue weighted by Crippen LogP contribution is -2.40. The molecular formula is C13H25NO2S. The molecule has 2 aliphatic heterocycles. The van der Waals surface area contributed by atoms with Crippen molar-refractivity contribution in [2.75, 3.05) is 44.9 Å². The van der Waals surface area contributed by atoms with Crippen LogP contribution in [-0.2, 0) is 9.47 Å². The van der Waals surface area contributed by atoms with E-state index in [9.17, 15) is 0 Å². The first-order valence-electron chi connectivity index (χ1n) is 6.76. The normalized spacial score (nSPS) is 33.4. The zero-order chi connectivity index (χ0) is 12.0. The number of thioether (sulfide) groups is 1. The van der Waals surface area contributed by atoms with Crippen LogP contribution in [0.1, 0.15) is 25.7 Å². The molecule has 0 aromatic carbocycles. The maximum absolute atomic E-state index is 6.04. The maximum atomic E-state index is 6.04. The van der Waals surface area contributed by atoms with E-state index in [1.165, 1.54) is 37.2 Å². The fourth-order valence-corrected chi connectivity index (χ4v) is 4.22. The van der Waals surface area contributed by atoms with Crippen molar-refractivity contribution < 1.29 is 9.47 Å². The Bertz CT molecular complexity index is 219. The average Bonchev–Trinajstić information content (AvgIpc) is 2.77. The van der Waals surface area contributed by atoms with Crippen molar-refractivity contribution in [2.24, 2.45) is 5.92 Å². The molecule has 2 heterocycles. The summed E-state index contributed by atoms with van der Waals surface area (Å²) >= 11 is 2.06. The Hall–Kier alpha value is 0.230. The largest absolute Gasteiger partial charge is 0.383 e. The molecule has 2 atom stereocenters. The molecule has 1 N–H and O–H groups in total. The second-order valence-electron chi connectivity index (χ2n) is 5.22. The van der Waals surface area contributed by atoms with E-state index < -0.39 is 0 Å². The predicted octanol–water partition coefficient (Wildman–Crippen LogP) is 1.91. The van der Waals surface area contributed by atoms with Gasteiger partial charge < -0.3 is 14.8 Å². The first-order chi connectivity index (χ1) is 8.35. The van der Waals surface area contributed by atoms with Crippen LogP contribution in [0, 0.1) is 5.92 Å². The Morgan fingerprint density at radius 2 is 2.41 bits per heavy atom.